The summed E-state index contributed by atoms with van der Waals surface area (Å²) < 4.78 is 12.4. The van der Waals surface area contributed by atoms with Crippen molar-refractivity contribution >= 4 is 28.8 Å². The Bertz CT molecular complexity index is 878. The summed E-state index contributed by atoms with van der Waals surface area (Å²) in [6.45, 7) is 1.17. The molecule has 3 aromatic rings. The van der Waals surface area contributed by atoms with Gasteiger partial charge < -0.3 is 14.9 Å². The second kappa shape index (κ2) is 9.97. The van der Waals surface area contributed by atoms with Crippen LogP contribution in [-0.4, -0.2) is 13.3 Å². The van der Waals surface area contributed by atoms with Gasteiger partial charge in [0.1, 0.15) is 18.1 Å². The van der Waals surface area contributed by atoms with Crippen LogP contribution in [0.5, 0.6) is 11.5 Å². The fourth-order valence-electron chi connectivity index (χ4n) is 2.50. The number of hydrogen-bond donors (Lipinski definition) is 1. The molecule has 0 aromatic heterocycles. The van der Waals surface area contributed by atoms with E-state index in [1.165, 1.54) is 3.57 Å². The largest absolute Gasteiger partial charge is 0.496 e. The topological polar surface area (TPSA) is 42.8 Å². The molecule has 0 aliphatic carbocycles. The van der Waals surface area contributed by atoms with Crippen molar-refractivity contribution in [1.82, 2.24) is 5.43 Å². The van der Waals surface area contributed by atoms with Crippen molar-refractivity contribution in [2.75, 3.05) is 7.11 Å². The van der Waals surface area contributed by atoms with Gasteiger partial charge in [0.05, 0.1) is 19.9 Å². The standard InChI is InChI=1S/C22H21IN2O2/c1-26-22-5-3-2-4-19(22)15-25-24-14-17-8-12-21(13-9-17)27-16-18-6-10-20(23)11-7-18/h2-14,25H,15-16H2,1H3/b24-14-. The molecule has 1 N–H and O–H groups in total. The van der Waals surface area contributed by atoms with Crippen molar-refractivity contribution in [2.45, 2.75) is 13.2 Å². The van der Waals surface area contributed by atoms with Gasteiger partial charge in [-0.2, -0.15) is 5.10 Å². The van der Waals surface area contributed by atoms with E-state index in [0.717, 1.165) is 28.2 Å². The Kier molecular flexibility index (Phi) is 7.10. The highest BCUT2D eigenvalue weighted by molar-refractivity contribution is 14.1. The molecule has 0 bridgehead atoms. The summed E-state index contributed by atoms with van der Waals surface area (Å²) in [4.78, 5) is 0. The predicted octanol–water partition coefficient (Wildman–Crippen LogP) is 5.00. The molecule has 0 radical (unpaired) electrons. The van der Waals surface area contributed by atoms with Crippen LogP contribution < -0.4 is 14.9 Å². The number of halogens is 1. The molecular formula is C22H21IN2O2. The monoisotopic (exact) mass is 472 g/mol. The molecule has 0 amide bonds. The van der Waals surface area contributed by atoms with E-state index >= 15 is 0 Å². The Balaban J connectivity index is 1.48. The Labute approximate surface area is 173 Å². The van der Waals surface area contributed by atoms with Gasteiger partial charge in [0.2, 0.25) is 0 Å². The maximum Gasteiger partial charge on any atom is 0.123 e. The minimum absolute atomic E-state index is 0.560. The average molecular weight is 472 g/mol. The van der Waals surface area contributed by atoms with Crippen molar-refractivity contribution in [3.05, 3.63) is 93.1 Å². The number of hydrogen-bond acceptors (Lipinski definition) is 4. The highest BCUT2D eigenvalue weighted by Gasteiger charge is 2.00. The first-order valence-corrected chi connectivity index (χ1v) is 9.67. The highest BCUT2D eigenvalue weighted by Crippen LogP contribution is 2.17. The van der Waals surface area contributed by atoms with Crippen LogP contribution in [0, 0.1) is 3.57 Å². The van der Waals surface area contributed by atoms with Gasteiger partial charge in [-0.25, -0.2) is 0 Å². The third-order valence-electron chi connectivity index (χ3n) is 3.97. The van der Waals surface area contributed by atoms with Gasteiger partial charge in [0.25, 0.3) is 0 Å². The molecular weight excluding hydrogens is 451 g/mol. The summed E-state index contributed by atoms with van der Waals surface area (Å²) in [5, 5.41) is 4.27. The summed E-state index contributed by atoms with van der Waals surface area (Å²) >= 11 is 2.30. The third-order valence-corrected chi connectivity index (χ3v) is 4.68. The van der Waals surface area contributed by atoms with Crippen LogP contribution in [0.15, 0.2) is 77.9 Å². The van der Waals surface area contributed by atoms with Gasteiger partial charge >= 0.3 is 0 Å². The Morgan fingerprint density at radius 1 is 0.963 bits per heavy atom. The molecule has 0 unspecified atom stereocenters. The Hall–Kier alpha value is -2.54. The first-order valence-electron chi connectivity index (χ1n) is 8.60. The minimum atomic E-state index is 0.560. The molecule has 3 rings (SSSR count). The first-order chi connectivity index (χ1) is 13.2. The van der Waals surface area contributed by atoms with E-state index in [0.29, 0.717) is 13.2 Å². The van der Waals surface area contributed by atoms with E-state index in [9.17, 15) is 0 Å². The zero-order chi connectivity index (χ0) is 18.9. The molecule has 4 nitrogen and oxygen atoms in total. The Morgan fingerprint density at radius 2 is 1.70 bits per heavy atom. The number of para-hydroxylation sites is 1. The summed E-state index contributed by atoms with van der Waals surface area (Å²) in [6, 6.07) is 24.1. The number of ether oxygens (including phenoxy) is 2. The first kappa shape index (κ1) is 19.2. The van der Waals surface area contributed by atoms with E-state index < -0.39 is 0 Å². The van der Waals surface area contributed by atoms with Crippen LogP contribution in [0.25, 0.3) is 0 Å². The molecule has 5 heteroatoms. The molecule has 138 valence electrons. The number of nitrogens with zero attached hydrogens (tertiary/aromatic N) is 1. The van der Waals surface area contributed by atoms with E-state index in [1.54, 1.807) is 13.3 Å². The number of rotatable bonds is 8. The fourth-order valence-corrected chi connectivity index (χ4v) is 2.86. The summed E-state index contributed by atoms with van der Waals surface area (Å²) in [5.74, 6) is 1.70. The van der Waals surface area contributed by atoms with E-state index in [2.05, 4.69) is 57.4 Å². The molecule has 0 heterocycles. The van der Waals surface area contributed by atoms with Crippen molar-refractivity contribution in [2.24, 2.45) is 5.10 Å². The number of hydrazone groups is 1. The number of methoxy groups -OCH3 is 1. The van der Waals surface area contributed by atoms with Gasteiger partial charge in [-0.3, -0.25) is 0 Å². The summed E-state index contributed by atoms with van der Waals surface area (Å²) in [5.41, 5.74) is 6.27. The van der Waals surface area contributed by atoms with Crippen LogP contribution in [0.3, 0.4) is 0 Å². The van der Waals surface area contributed by atoms with Gasteiger partial charge in [-0.05, 0) is 76.2 Å². The van der Waals surface area contributed by atoms with Crippen LogP contribution in [0.1, 0.15) is 16.7 Å². The molecule has 0 fully saturated rings. The SMILES string of the molecule is COc1ccccc1CN/N=C\c1ccc(OCc2ccc(I)cc2)cc1. The van der Waals surface area contributed by atoms with Crippen LogP contribution in [0.2, 0.25) is 0 Å². The minimum Gasteiger partial charge on any atom is -0.496 e. The fraction of sp³-hybridized carbons (Fsp3) is 0.136. The maximum atomic E-state index is 5.82. The van der Waals surface area contributed by atoms with E-state index in [-0.39, 0.29) is 0 Å². The lowest BCUT2D eigenvalue weighted by Crippen LogP contribution is -2.06. The van der Waals surface area contributed by atoms with Crippen LogP contribution >= 0.6 is 22.6 Å². The van der Waals surface area contributed by atoms with Crippen LogP contribution in [0.4, 0.5) is 0 Å². The average Bonchev–Trinajstić information content (AvgIpc) is 2.72. The molecule has 0 spiro atoms. The Morgan fingerprint density at radius 3 is 2.44 bits per heavy atom. The third kappa shape index (κ3) is 5.99. The summed E-state index contributed by atoms with van der Waals surface area (Å²) in [7, 11) is 1.67. The zero-order valence-electron chi connectivity index (χ0n) is 15.1. The molecule has 0 aliphatic rings. The lowest BCUT2D eigenvalue weighted by molar-refractivity contribution is 0.306. The van der Waals surface area contributed by atoms with Crippen LogP contribution in [-0.2, 0) is 13.2 Å². The van der Waals surface area contributed by atoms with Crippen molar-refractivity contribution < 1.29 is 9.47 Å². The lowest BCUT2D eigenvalue weighted by atomic mass is 10.2. The zero-order valence-corrected chi connectivity index (χ0v) is 17.2. The van der Waals surface area contributed by atoms with E-state index in [1.807, 2.05) is 48.5 Å². The van der Waals surface area contributed by atoms with Gasteiger partial charge in [-0.1, -0.05) is 30.3 Å². The molecule has 0 aliphatic heterocycles. The summed E-state index contributed by atoms with van der Waals surface area (Å²) in [6.07, 6.45) is 1.79. The van der Waals surface area contributed by atoms with E-state index in [4.69, 9.17) is 9.47 Å². The quantitative estimate of drug-likeness (QED) is 0.285. The molecule has 27 heavy (non-hydrogen) atoms. The number of nitrogens with one attached hydrogen (secondary N) is 1. The lowest BCUT2D eigenvalue weighted by Gasteiger charge is -2.07. The molecule has 0 saturated carbocycles. The van der Waals surface area contributed by atoms with Crippen molar-refractivity contribution in [1.29, 1.82) is 0 Å². The number of benzene rings is 3. The van der Waals surface area contributed by atoms with Gasteiger partial charge in [0, 0.05) is 9.13 Å². The molecule has 3 aromatic carbocycles. The second-order valence-electron chi connectivity index (χ2n) is 5.89. The van der Waals surface area contributed by atoms with Crippen molar-refractivity contribution in [3.8, 4) is 11.5 Å². The smallest absolute Gasteiger partial charge is 0.123 e. The molecule has 0 saturated heterocycles. The van der Waals surface area contributed by atoms with Gasteiger partial charge in [-0.15, -0.1) is 0 Å². The normalized spacial score (nSPS) is 10.7. The van der Waals surface area contributed by atoms with Crippen molar-refractivity contribution in [3.63, 3.8) is 0 Å². The highest BCUT2D eigenvalue weighted by atomic mass is 127. The second-order valence-corrected chi connectivity index (χ2v) is 7.13. The molecule has 0 atom stereocenters. The van der Waals surface area contributed by atoms with Gasteiger partial charge in [0.15, 0.2) is 0 Å². The maximum absolute atomic E-state index is 5.82. The predicted molar refractivity (Wildman–Crippen MR) is 117 cm³/mol.